The third-order valence-electron chi connectivity index (χ3n) is 3.15. The van der Waals surface area contributed by atoms with Crippen molar-refractivity contribution in [2.45, 2.75) is 0 Å². The fourth-order valence-electron chi connectivity index (χ4n) is 2.12. The molecule has 0 fully saturated rings. The molecule has 21 heavy (non-hydrogen) atoms. The van der Waals surface area contributed by atoms with E-state index in [0.29, 0.717) is 5.75 Å². The molecule has 1 amide bonds. The van der Waals surface area contributed by atoms with Crippen LogP contribution in [0.3, 0.4) is 0 Å². The predicted molar refractivity (Wildman–Crippen MR) is 84.5 cm³/mol. The van der Waals surface area contributed by atoms with Gasteiger partial charge in [0, 0.05) is 18.3 Å². The van der Waals surface area contributed by atoms with Crippen LogP contribution in [0.4, 0.5) is 11.4 Å². The number of amides is 1. The fraction of sp³-hybridized carbons (Fsp3) is 0.118. The minimum Gasteiger partial charge on any atom is -0.482 e. The maximum absolute atomic E-state index is 11.2. The zero-order valence-electron chi connectivity index (χ0n) is 11.5. The second-order valence-corrected chi connectivity index (χ2v) is 4.74. The molecule has 0 spiro atoms. The largest absolute Gasteiger partial charge is 0.482 e. The van der Waals surface area contributed by atoms with Crippen molar-refractivity contribution in [3.05, 3.63) is 60.2 Å². The molecule has 0 bridgehead atoms. The zero-order valence-corrected chi connectivity index (χ0v) is 11.5. The summed E-state index contributed by atoms with van der Waals surface area (Å²) in [5, 5.41) is 6.07. The van der Waals surface area contributed by atoms with Gasteiger partial charge in [0.15, 0.2) is 6.61 Å². The van der Waals surface area contributed by atoms with Gasteiger partial charge in [0.2, 0.25) is 0 Å². The van der Waals surface area contributed by atoms with Crippen LogP contribution < -0.4 is 15.4 Å². The molecule has 0 saturated carbocycles. The zero-order chi connectivity index (χ0) is 14.5. The number of rotatable bonds is 4. The number of benzene rings is 2. The average molecular weight is 280 g/mol. The number of carbonyl (C=O) groups excluding carboxylic acids is 1. The first-order chi connectivity index (χ1) is 10.3. The van der Waals surface area contributed by atoms with Gasteiger partial charge in [-0.05, 0) is 17.7 Å². The van der Waals surface area contributed by atoms with E-state index in [1.807, 2.05) is 36.4 Å². The fourth-order valence-corrected chi connectivity index (χ4v) is 2.12. The molecule has 1 aliphatic rings. The highest BCUT2D eigenvalue weighted by Crippen LogP contribution is 2.30. The number of nitrogens with one attached hydrogen (secondary N) is 2. The van der Waals surface area contributed by atoms with Crippen molar-refractivity contribution in [1.29, 1.82) is 0 Å². The van der Waals surface area contributed by atoms with Gasteiger partial charge in [-0.25, -0.2) is 0 Å². The predicted octanol–water partition coefficient (Wildman–Crippen LogP) is 3.14. The van der Waals surface area contributed by atoms with Gasteiger partial charge in [-0.15, -0.1) is 0 Å². The van der Waals surface area contributed by atoms with E-state index >= 15 is 0 Å². The van der Waals surface area contributed by atoms with Crippen LogP contribution in [-0.2, 0) is 4.79 Å². The van der Waals surface area contributed by atoms with Crippen molar-refractivity contribution in [1.82, 2.24) is 0 Å². The smallest absolute Gasteiger partial charge is 0.262 e. The molecule has 0 unspecified atom stereocenters. The van der Waals surface area contributed by atoms with E-state index in [1.165, 1.54) is 5.56 Å². The molecular formula is C17H16N2O2. The number of fused-ring (bicyclic) bond motifs is 1. The maximum atomic E-state index is 11.2. The molecule has 3 rings (SSSR count). The van der Waals surface area contributed by atoms with Gasteiger partial charge in [-0.3, -0.25) is 4.79 Å². The van der Waals surface area contributed by atoms with E-state index in [2.05, 4.69) is 34.9 Å². The Labute approximate surface area is 123 Å². The van der Waals surface area contributed by atoms with Crippen LogP contribution in [0.15, 0.2) is 54.6 Å². The van der Waals surface area contributed by atoms with Crippen molar-refractivity contribution < 1.29 is 9.53 Å². The average Bonchev–Trinajstić information content (AvgIpc) is 2.52. The lowest BCUT2D eigenvalue weighted by molar-refractivity contribution is -0.118. The molecule has 0 aromatic heterocycles. The summed E-state index contributed by atoms with van der Waals surface area (Å²) >= 11 is 0. The van der Waals surface area contributed by atoms with Crippen LogP contribution in [0.5, 0.6) is 5.75 Å². The maximum Gasteiger partial charge on any atom is 0.262 e. The highest BCUT2D eigenvalue weighted by atomic mass is 16.5. The van der Waals surface area contributed by atoms with Gasteiger partial charge < -0.3 is 15.4 Å². The molecule has 2 aromatic carbocycles. The molecule has 0 radical (unpaired) electrons. The van der Waals surface area contributed by atoms with Crippen molar-refractivity contribution in [3.8, 4) is 5.75 Å². The van der Waals surface area contributed by atoms with E-state index in [9.17, 15) is 4.79 Å². The van der Waals surface area contributed by atoms with Crippen molar-refractivity contribution in [2.24, 2.45) is 0 Å². The van der Waals surface area contributed by atoms with Gasteiger partial charge in [-0.1, -0.05) is 42.5 Å². The molecular weight excluding hydrogens is 264 g/mol. The Balaban J connectivity index is 1.59. The van der Waals surface area contributed by atoms with Gasteiger partial charge in [0.25, 0.3) is 5.91 Å². The molecule has 1 heterocycles. The van der Waals surface area contributed by atoms with Gasteiger partial charge in [0.1, 0.15) is 5.75 Å². The van der Waals surface area contributed by atoms with Crippen molar-refractivity contribution >= 4 is 23.4 Å². The topological polar surface area (TPSA) is 50.4 Å². The number of anilines is 2. The Morgan fingerprint density at radius 2 is 2.05 bits per heavy atom. The molecule has 1 aliphatic heterocycles. The van der Waals surface area contributed by atoms with Crippen LogP contribution in [0.1, 0.15) is 5.56 Å². The Bertz CT molecular complexity index is 666. The monoisotopic (exact) mass is 280 g/mol. The molecule has 106 valence electrons. The number of ether oxygens (including phenoxy) is 1. The minimum absolute atomic E-state index is 0.0738. The second-order valence-electron chi connectivity index (χ2n) is 4.74. The van der Waals surface area contributed by atoms with Crippen LogP contribution in [0.2, 0.25) is 0 Å². The summed E-state index contributed by atoms with van der Waals surface area (Å²) in [5.41, 5.74) is 2.86. The standard InChI is InChI=1S/C17H16N2O2/c20-17-12-21-16-11-14(8-9-15(16)19-17)18-10-4-7-13-5-2-1-3-6-13/h1-9,11,18H,10,12H2,(H,19,20). The third-order valence-corrected chi connectivity index (χ3v) is 3.15. The molecule has 4 nitrogen and oxygen atoms in total. The van der Waals surface area contributed by atoms with Crippen LogP contribution in [0.25, 0.3) is 6.08 Å². The quantitative estimate of drug-likeness (QED) is 0.904. The summed E-state index contributed by atoms with van der Waals surface area (Å²) in [6, 6.07) is 15.8. The first-order valence-electron chi connectivity index (χ1n) is 6.83. The lowest BCUT2D eigenvalue weighted by atomic mass is 10.2. The van der Waals surface area contributed by atoms with Crippen LogP contribution >= 0.6 is 0 Å². The van der Waals surface area contributed by atoms with E-state index in [1.54, 1.807) is 0 Å². The Hall–Kier alpha value is -2.75. The SMILES string of the molecule is O=C1COc2cc(NCC=Cc3ccccc3)ccc2N1. The van der Waals surface area contributed by atoms with Gasteiger partial charge in [-0.2, -0.15) is 0 Å². The van der Waals surface area contributed by atoms with E-state index < -0.39 is 0 Å². The van der Waals surface area contributed by atoms with Gasteiger partial charge >= 0.3 is 0 Å². The lowest BCUT2D eigenvalue weighted by Crippen LogP contribution is -2.25. The summed E-state index contributed by atoms with van der Waals surface area (Å²) in [7, 11) is 0. The third kappa shape index (κ3) is 3.42. The minimum atomic E-state index is -0.117. The van der Waals surface area contributed by atoms with E-state index in [-0.39, 0.29) is 12.5 Å². The highest BCUT2D eigenvalue weighted by molar-refractivity contribution is 5.95. The number of carbonyl (C=O) groups is 1. The summed E-state index contributed by atoms with van der Waals surface area (Å²) in [6.07, 6.45) is 4.14. The van der Waals surface area contributed by atoms with Crippen LogP contribution in [-0.4, -0.2) is 19.1 Å². The lowest BCUT2D eigenvalue weighted by Gasteiger charge is -2.18. The summed E-state index contributed by atoms with van der Waals surface area (Å²) in [4.78, 5) is 11.2. The van der Waals surface area contributed by atoms with Crippen molar-refractivity contribution in [2.75, 3.05) is 23.8 Å². The van der Waals surface area contributed by atoms with Crippen LogP contribution in [0, 0.1) is 0 Å². The highest BCUT2D eigenvalue weighted by Gasteiger charge is 2.15. The molecule has 2 aromatic rings. The Kier molecular flexibility index (Phi) is 3.87. The summed E-state index contributed by atoms with van der Waals surface area (Å²) in [6.45, 7) is 0.796. The summed E-state index contributed by atoms with van der Waals surface area (Å²) in [5.74, 6) is 0.584. The Morgan fingerprint density at radius 1 is 1.19 bits per heavy atom. The van der Waals surface area contributed by atoms with Gasteiger partial charge in [0.05, 0.1) is 5.69 Å². The summed E-state index contributed by atoms with van der Waals surface area (Å²) < 4.78 is 5.38. The molecule has 0 atom stereocenters. The molecule has 0 aliphatic carbocycles. The Morgan fingerprint density at radius 3 is 2.90 bits per heavy atom. The molecule has 4 heteroatoms. The first kappa shape index (κ1) is 13.2. The number of hydrogen-bond donors (Lipinski definition) is 2. The van der Waals surface area contributed by atoms with Crippen molar-refractivity contribution in [3.63, 3.8) is 0 Å². The second kappa shape index (κ2) is 6.13. The van der Waals surface area contributed by atoms with E-state index in [0.717, 1.165) is 17.9 Å². The normalized spacial score (nSPS) is 13.4. The molecule has 0 saturated heterocycles. The first-order valence-corrected chi connectivity index (χ1v) is 6.83. The molecule has 2 N–H and O–H groups in total. The van der Waals surface area contributed by atoms with E-state index in [4.69, 9.17) is 4.74 Å². The number of hydrogen-bond acceptors (Lipinski definition) is 3.